The van der Waals surface area contributed by atoms with Gasteiger partial charge in [0.15, 0.2) is 6.29 Å². The lowest BCUT2D eigenvalue weighted by Gasteiger charge is -2.55. The van der Waals surface area contributed by atoms with E-state index in [-0.39, 0.29) is 24.6 Å². The topological polar surface area (TPSA) is 128 Å². The van der Waals surface area contributed by atoms with E-state index in [9.17, 15) is 19.2 Å². The molecule has 2 aliphatic heterocycles. The molecule has 3 rings (SSSR count). The van der Waals surface area contributed by atoms with Crippen molar-refractivity contribution in [3.05, 3.63) is 33.7 Å². The third-order valence-corrected chi connectivity index (χ3v) is 6.47. The molecule has 1 aromatic heterocycles. The van der Waals surface area contributed by atoms with Gasteiger partial charge in [-0.05, 0) is 11.4 Å². The van der Waals surface area contributed by atoms with Crippen molar-refractivity contribution in [2.24, 2.45) is 5.73 Å². The number of nitrogens with one attached hydrogen (secondary N) is 1. The van der Waals surface area contributed by atoms with Gasteiger partial charge in [0, 0.05) is 23.3 Å². The Kier molecular flexibility index (Phi) is 5.53. The van der Waals surface area contributed by atoms with Crippen molar-refractivity contribution in [3.63, 3.8) is 0 Å². The van der Waals surface area contributed by atoms with Crippen LogP contribution in [0.2, 0.25) is 0 Å². The number of amides is 3. The summed E-state index contributed by atoms with van der Waals surface area (Å²) < 4.78 is 10.1. The van der Waals surface area contributed by atoms with E-state index >= 15 is 0 Å². The Morgan fingerprint density at radius 1 is 1.52 bits per heavy atom. The molecule has 0 unspecified atom stereocenters. The largest absolute Gasteiger partial charge is 0.445 e. The second-order valence-corrected chi connectivity index (χ2v) is 7.90. The molecule has 1 saturated heterocycles. The maximum absolute atomic E-state index is 12.8. The summed E-state index contributed by atoms with van der Waals surface area (Å²) in [5.74, 6) is -0.588. The second kappa shape index (κ2) is 7.71. The number of hydrogen-bond donors (Lipinski definition) is 2. The van der Waals surface area contributed by atoms with Crippen LogP contribution in [0.5, 0.6) is 0 Å². The highest BCUT2D eigenvalue weighted by atomic mass is 32.2. The number of carbonyl (C=O) groups is 4. The summed E-state index contributed by atoms with van der Waals surface area (Å²) >= 11 is 2.73. The Balaban J connectivity index is 1.77. The van der Waals surface area contributed by atoms with E-state index in [1.165, 1.54) is 35.1 Å². The van der Waals surface area contributed by atoms with Gasteiger partial charge >= 0.3 is 6.09 Å². The average Bonchev–Trinajstić information content (AvgIpc) is 3.15. The highest BCUT2D eigenvalue weighted by Gasteiger charge is 2.65. The summed E-state index contributed by atoms with van der Waals surface area (Å²) in [5.41, 5.74) is 3.98. The minimum atomic E-state index is -1.54. The Morgan fingerprint density at radius 3 is 2.89 bits per heavy atom. The Labute approximate surface area is 162 Å². The zero-order valence-electron chi connectivity index (χ0n) is 14.3. The molecule has 1 aromatic rings. The van der Waals surface area contributed by atoms with Crippen molar-refractivity contribution in [1.29, 1.82) is 0 Å². The molecular formula is C16H17N3O6S2. The van der Waals surface area contributed by atoms with Gasteiger partial charge in [-0.3, -0.25) is 19.3 Å². The fourth-order valence-corrected chi connectivity index (χ4v) is 5.09. The molecule has 0 spiro atoms. The zero-order valence-corrected chi connectivity index (χ0v) is 15.9. The van der Waals surface area contributed by atoms with Gasteiger partial charge in [0.25, 0.3) is 11.6 Å². The number of β-lactam (4-membered cyclic amide) rings is 1. The van der Waals surface area contributed by atoms with E-state index in [0.29, 0.717) is 17.6 Å². The van der Waals surface area contributed by atoms with E-state index < -0.39 is 23.1 Å². The van der Waals surface area contributed by atoms with Gasteiger partial charge in [0.1, 0.15) is 12.0 Å². The summed E-state index contributed by atoms with van der Waals surface area (Å²) in [6.07, 6.45) is -0.319. The number of ether oxygens (including phenoxy) is 2. The molecule has 0 bridgehead atoms. The van der Waals surface area contributed by atoms with Crippen LogP contribution in [-0.2, 0) is 30.3 Å². The van der Waals surface area contributed by atoms with E-state index in [2.05, 4.69) is 5.32 Å². The smallest absolute Gasteiger partial charge is 0.404 e. The van der Waals surface area contributed by atoms with Gasteiger partial charge in [-0.2, -0.15) is 0 Å². The summed E-state index contributed by atoms with van der Waals surface area (Å²) in [6.45, 7) is -0.183. The number of fused-ring (bicyclic) bond motifs is 1. The van der Waals surface area contributed by atoms with Crippen molar-refractivity contribution in [3.8, 4) is 0 Å². The number of primary amides is 1. The number of hydrogen-bond acceptors (Lipinski definition) is 8. The number of thiophene rings is 1. The van der Waals surface area contributed by atoms with Crippen LogP contribution in [0.3, 0.4) is 0 Å². The molecule has 9 nitrogen and oxygen atoms in total. The molecule has 0 aromatic carbocycles. The predicted molar refractivity (Wildman–Crippen MR) is 97.6 cm³/mol. The predicted octanol–water partition coefficient (Wildman–Crippen LogP) is 0.213. The number of nitrogens with two attached hydrogens (primary N) is 1. The normalized spacial score (nSPS) is 24.1. The number of allylic oxidation sites excluding steroid dienone is 1. The average molecular weight is 411 g/mol. The van der Waals surface area contributed by atoms with Crippen LogP contribution in [-0.4, -0.2) is 59.7 Å². The molecule has 0 saturated carbocycles. The zero-order chi connectivity index (χ0) is 19.6. The van der Waals surface area contributed by atoms with Crippen molar-refractivity contribution >= 4 is 47.3 Å². The molecule has 3 N–H and O–H groups in total. The fraction of sp³-hybridized carbons (Fsp3) is 0.375. The van der Waals surface area contributed by atoms with Gasteiger partial charge in [-0.25, -0.2) is 4.79 Å². The maximum Gasteiger partial charge on any atom is 0.404 e. The first kappa shape index (κ1) is 19.4. The molecule has 1 fully saturated rings. The first-order valence-corrected chi connectivity index (χ1v) is 9.79. The summed E-state index contributed by atoms with van der Waals surface area (Å²) in [5, 5.41) is 3.93. The van der Waals surface area contributed by atoms with E-state index in [0.717, 1.165) is 4.88 Å². The van der Waals surface area contributed by atoms with Crippen LogP contribution in [0.25, 0.3) is 0 Å². The lowest BCUT2D eigenvalue weighted by Crippen LogP contribution is -2.80. The molecule has 0 radical (unpaired) electrons. The molecule has 2 atom stereocenters. The highest BCUT2D eigenvalue weighted by Crippen LogP contribution is 2.46. The third kappa shape index (κ3) is 3.45. The van der Waals surface area contributed by atoms with Crippen LogP contribution in [0.1, 0.15) is 4.88 Å². The number of carbonyl (C=O) groups excluding carboxylic acids is 4. The standard InChI is InChI=1S/C16H17N3O6S2/c1-24-16(18-12(21)5-10-3-2-4-26-10)13(22)19-11(6-20)9(7-25-15(17)23)8-27-14(16)19/h2-4,6,14H,5,7-8H2,1H3,(H2,17,23)(H,18,21)/t14-,16+/m1/s1. The third-order valence-electron chi connectivity index (χ3n) is 4.22. The van der Waals surface area contributed by atoms with Gasteiger partial charge in [0.2, 0.25) is 5.91 Å². The quantitative estimate of drug-likeness (QED) is 0.373. The van der Waals surface area contributed by atoms with Crippen molar-refractivity contribution in [1.82, 2.24) is 10.2 Å². The highest BCUT2D eigenvalue weighted by molar-refractivity contribution is 8.00. The van der Waals surface area contributed by atoms with Crippen LogP contribution >= 0.6 is 23.1 Å². The first-order chi connectivity index (χ1) is 12.9. The summed E-state index contributed by atoms with van der Waals surface area (Å²) in [6, 6.07) is 3.66. The molecular weight excluding hydrogens is 394 g/mol. The molecule has 0 aliphatic carbocycles. The van der Waals surface area contributed by atoms with Gasteiger partial charge in [-0.15, -0.1) is 23.1 Å². The summed E-state index contributed by atoms with van der Waals surface area (Å²) in [4.78, 5) is 49.6. The van der Waals surface area contributed by atoms with Gasteiger partial charge < -0.3 is 20.5 Å². The fourth-order valence-electron chi connectivity index (χ4n) is 2.95. The monoisotopic (exact) mass is 411 g/mol. The molecule has 27 heavy (non-hydrogen) atoms. The van der Waals surface area contributed by atoms with Gasteiger partial charge in [-0.1, -0.05) is 6.07 Å². The number of aldehydes is 1. The second-order valence-electron chi connectivity index (χ2n) is 5.80. The summed E-state index contributed by atoms with van der Waals surface area (Å²) in [7, 11) is 1.33. The lowest BCUT2D eigenvalue weighted by atomic mass is 9.98. The minimum absolute atomic E-state index is 0.102. The van der Waals surface area contributed by atoms with Crippen LogP contribution < -0.4 is 11.1 Å². The molecule has 3 heterocycles. The molecule has 2 aliphatic rings. The maximum atomic E-state index is 12.8. The Morgan fingerprint density at radius 2 is 2.30 bits per heavy atom. The SMILES string of the molecule is CO[C@@]1(NC(=O)Cc2cccs2)C(=O)N2C(C=O)=C(COC(N)=O)CS[C@@H]21. The number of nitrogens with zero attached hydrogens (tertiary/aromatic N) is 1. The molecule has 3 amide bonds. The lowest BCUT2D eigenvalue weighted by molar-refractivity contribution is -0.191. The van der Waals surface area contributed by atoms with Crippen molar-refractivity contribution < 1.29 is 28.7 Å². The van der Waals surface area contributed by atoms with Crippen LogP contribution in [0.4, 0.5) is 4.79 Å². The van der Waals surface area contributed by atoms with Crippen LogP contribution in [0, 0.1) is 0 Å². The molecule has 11 heteroatoms. The number of methoxy groups -OCH3 is 1. The van der Waals surface area contributed by atoms with E-state index in [4.69, 9.17) is 15.2 Å². The van der Waals surface area contributed by atoms with E-state index in [1.54, 1.807) is 0 Å². The van der Waals surface area contributed by atoms with Crippen molar-refractivity contribution in [2.75, 3.05) is 19.5 Å². The molecule has 144 valence electrons. The number of rotatable bonds is 7. The van der Waals surface area contributed by atoms with E-state index in [1.807, 2.05) is 17.5 Å². The Bertz CT molecular complexity index is 809. The van der Waals surface area contributed by atoms with Crippen molar-refractivity contribution in [2.45, 2.75) is 17.5 Å². The minimum Gasteiger partial charge on any atom is -0.445 e. The van der Waals surface area contributed by atoms with Crippen LogP contribution in [0.15, 0.2) is 28.8 Å². The number of thioether (sulfide) groups is 1. The van der Waals surface area contributed by atoms with Gasteiger partial charge in [0.05, 0.1) is 12.1 Å². The Hall–Kier alpha value is -2.37. The first-order valence-electron chi connectivity index (χ1n) is 7.86.